The minimum atomic E-state index is -0.642. The number of rotatable bonds is 4. The van der Waals surface area contributed by atoms with Crippen molar-refractivity contribution in [3.8, 4) is 5.75 Å². The van der Waals surface area contributed by atoms with Crippen molar-refractivity contribution in [3.63, 3.8) is 0 Å². The molecule has 8 heteroatoms. The lowest BCUT2D eigenvalue weighted by Gasteiger charge is -2.30. The predicted octanol–water partition coefficient (Wildman–Crippen LogP) is 2.68. The molecule has 1 aliphatic rings. The summed E-state index contributed by atoms with van der Waals surface area (Å²) in [7, 11) is 0. The summed E-state index contributed by atoms with van der Waals surface area (Å²) in [6.45, 7) is 2.21. The molecule has 0 unspecified atom stereocenters. The highest BCUT2D eigenvalue weighted by Crippen LogP contribution is 2.25. The number of nitrogens with zero attached hydrogens (tertiary/aromatic N) is 2. The molecule has 1 aromatic carbocycles. The minimum absolute atomic E-state index is 0.355. The fourth-order valence-electron chi connectivity index (χ4n) is 2.66. The van der Waals surface area contributed by atoms with E-state index in [-0.39, 0.29) is 11.4 Å². The molecule has 2 atom stereocenters. The predicted molar refractivity (Wildman–Crippen MR) is 92.6 cm³/mol. The van der Waals surface area contributed by atoms with Crippen LogP contribution in [0.4, 0.5) is 5.69 Å². The average molecular weight is 336 g/mol. The van der Waals surface area contributed by atoms with Gasteiger partial charge in [0, 0.05) is 17.7 Å². The Labute approximate surface area is 139 Å². The molecular weight excluding hydrogens is 316 g/mol. The van der Waals surface area contributed by atoms with Gasteiger partial charge >= 0.3 is 5.69 Å². The smallest absolute Gasteiger partial charge is 0.311 e. The Morgan fingerprint density at radius 1 is 1.48 bits per heavy atom. The monoisotopic (exact) mass is 336 g/mol. The van der Waals surface area contributed by atoms with Crippen molar-refractivity contribution >= 4 is 29.2 Å². The van der Waals surface area contributed by atoms with Crippen LogP contribution >= 0.6 is 12.2 Å². The number of thiocarbonyl (C=S) groups is 1. The van der Waals surface area contributed by atoms with Crippen LogP contribution in [0.15, 0.2) is 23.3 Å². The summed E-state index contributed by atoms with van der Waals surface area (Å²) in [5, 5.41) is 27.8. The summed E-state index contributed by atoms with van der Waals surface area (Å²) in [5.41, 5.74) is 2.86. The molecule has 0 radical (unpaired) electrons. The Morgan fingerprint density at radius 3 is 2.91 bits per heavy atom. The topological polar surface area (TPSA) is 99.8 Å². The van der Waals surface area contributed by atoms with Gasteiger partial charge in [-0.2, -0.15) is 5.10 Å². The number of aromatic hydroxyl groups is 1. The molecule has 0 saturated heterocycles. The van der Waals surface area contributed by atoms with Crippen LogP contribution < -0.4 is 10.7 Å². The van der Waals surface area contributed by atoms with Crippen molar-refractivity contribution in [2.45, 2.75) is 38.6 Å². The molecule has 1 saturated carbocycles. The average Bonchev–Trinajstić information content (AvgIpc) is 2.51. The summed E-state index contributed by atoms with van der Waals surface area (Å²) in [6.07, 6.45) is 6.17. The van der Waals surface area contributed by atoms with Crippen molar-refractivity contribution in [2.24, 2.45) is 11.0 Å². The van der Waals surface area contributed by atoms with Gasteiger partial charge in [-0.25, -0.2) is 0 Å². The zero-order valence-corrected chi connectivity index (χ0v) is 13.7. The molecule has 1 fully saturated rings. The molecular formula is C15H20N4O3S. The van der Waals surface area contributed by atoms with E-state index in [2.05, 4.69) is 22.8 Å². The third-order valence-electron chi connectivity index (χ3n) is 4.00. The van der Waals surface area contributed by atoms with E-state index in [1.54, 1.807) is 0 Å². The summed E-state index contributed by atoms with van der Waals surface area (Å²) >= 11 is 5.21. The Morgan fingerprint density at radius 2 is 2.22 bits per heavy atom. The first kappa shape index (κ1) is 17.1. The number of hydrogen-bond donors (Lipinski definition) is 3. The van der Waals surface area contributed by atoms with Crippen molar-refractivity contribution in [1.82, 2.24) is 10.7 Å². The van der Waals surface area contributed by atoms with Crippen LogP contribution in [0, 0.1) is 16.0 Å². The first-order valence-corrected chi connectivity index (χ1v) is 7.95. The Hall–Kier alpha value is -2.22. The van der Waals surface area contributed by atoms with Crippen LogP contribution in [0.5, 0.6) is 5.75 Å². The zero-order valence-electron chi connectivity index (χ0n) is 12.9. The van der Waals surface area contributed by atoms with E-state index in [0.717, 1.165) is 6.42 Å². The van der Waals surface area contributed by atoms with Crippen LogP contribution in [0.1, 0.15) is 38.2 Å². The van der Waals surface area contributed by atoms with Crippen molar-refractivity contribution in [2.75, 3.05) is 0 Å². The summed E-state index contributed by atoms with van der Waals surface area (Å²) in [5.74, 6) is 0.204. The van der Waals surface area contributed by atoms with Crippen LogP contribution in [0.3, 0.4) is 0 Å². The normalized spacial score (nSPS) is 21.1. The van der Waals surface area contributed by atoms with E-state index >= 15 is 0 Å². The molecule has 124 valence electrons. The number of nitro groups is 1. The van der Waals surface area contributed by atoms with E-state index in [4.69, 9.17) is 12.2 Å². The fourth-order valence-corrected chi connectivity index (χ4v) is 2.87. The highest BCUT2D eigenvalue weighted by molar-refractivity contribution is 7.80. The standard InChI is InChI=1S/C15H20N4O3S/c1-10-4-2-3-5-12(10)17-15(23)18-16-9-11-6-7-14(20)13(8-11)19(21)22/h6-10,12,20H,2-5H2,1H3,(H2,17,18,23)/b16-9+/t10-,12+/m1/s1. The molecule has 23 heavy (non-hydrogen) atoms. The van der Waals surface area contributed by atoms with Gasteiger partial charge in [0.05, 0.1) is 11.1 Å². The van der Waals surface area contributed by atoms with E-state index in [9.17, 15) is 15.2 Å². The quantitative estimate of drug-likeness (QED) is 0.338. The molecule has 2 rings (SSSR count). The maximum absolute atomic E-state index is 10.8. The lowest BCUT2D eigenvalue weighted by molar-refractivity contribution is -0.385. The van der Waals surface area contributed by atoms with Crippen molar-refractivity contribution in [3.05, 3.63) is 33.9 Å². The lowest BCUT2D eigenvalue weighted by Crippen LogP contribution is -2.44. The zero-order chi connectivity index (χ0) is 16.8. The molecule has 0 bridgehead atoms. The largest absolute Gasteiger partial charge is 0.502 e. The van der Waals surface area contributed by atoms with Gasteiger partial charge in [0.2, 0.25) is 0 Å². The molecule has 0 spiro atoms. The molecule has 0 heterocycles. The first-order chi connectivity index (χ1) is 11.0. The molecule has 0 amide bonds. The summed E-state index contributed by atoms with van der Waals surface area (Å²) in [6, 6.07) is 4.40. The van der Waals surface area contributed by atoms with Gasteiger partial charge in [-0.15, -0.1) is 0 Å². The van der Waals surface area contributed by atoms with Crippen LogP contribution in [-0.4, -0.2) is 27.4 Å². The number of nitrogens with one attached hydrogen (secondary N) is 2. The number of hydrazone groups is 1. The molecule has 0 aromatic heterocycles. The van der Waals surface area contributed by atoms with Crippen LogP contribution in [0.2, 0.25) is 0 Å². The highest BCUT2D eigenvalue weighted by atomic mass is 32.1. The second kappa shape index (κ2) is 7.87. The van der Waals surface area contributed by atoms with Crippen LogP contribution in [-0.2, 0) is 0 Å². The number of phenolic OH excluding ortho intramolecular Hbond substituents is 1. The first-order valence-electron chi connectivity index (χ1n) is 7.54. The lowest BCUT2D eigenvalue weighted by atomic mass is 9.86. The highest BCUT2D eigenvalue weighted by Gasteiger charge is 2.21. The van der Waals surface area contributed by atoms with Gasteiger partial charge in [-0.05, 0) is 43.1 Å². The molecule has 1 aromatic rings. The Balaban J connectivity index is 1.89. The Kier molecular flexibility index (Phi) is 5.86. The maximum Gasteiger partial charge on any atom is 0.311 e. The molecule has 1 aliphatic carbocycles. The van der Waals surface area contributed by atoms with Gasteiger partial charge in [-0.1, -0.05) is 19.8 Å². The number of nitro benzene ring substituents is 1. The van der Waals surface area contributed by atoms with Gasteiger partial charge in [0.1, 0.15) is 0 Å². The van der Waals surface area contributed by atoms with E-state index < -0.39 is 4.92 Å². The van der Waals surface area contributed by atoms with Gasteiger partial charge in [-0.3, -0.25) is 15.5 Å². The third-order valence-corrected chi connectivity index (χ3v) is 4.21. The van der Waals surface area contributed by atoms with Gasteiger partial charge in [0.25, 0.3) is 0 Å². The van der Waals surface area contributed by atoms with Crippen molar-refractivity contribution in [1.29, 1.82) is 0 Å². The number of benzene rings is 1. The molecule has 3 N–H and O–H groups in total. The third kappa shape index (κ3) is 4.88. The summed E-state index contributed by atoms with van der Waals surface area (Å²) < 4.78 is 0. The van der Waals surface area contributed by atoms with Gasteiger partial charge in [0.15, 0.2) is 10.9 Å². The van der Waals surface area contributed by atoms with E-state index in [1.807, 2.05) is 0 Å². The minimum Gasteiger partial charge on any atom is -0.502 e. The van der Waals surface area contributed by atoms with Crippen molar-refractivity contribution < 1.29 is 10.0 Å². The maximum atomic E-state index is 10.8. The fraction of sp³-hybridized carbons (Fsp3) is 0.467. The number of hydrogen-bond acceptors (Lipinski definition) is 5. The SMILES string of the molecule is C[C@@H]1CCCC[C@@H]1NC(=S)N/N=C/c1ccc(O)c([N+](=O)[O-])c1. The second-order valence-corrected chi connectivity index (χ2v) is 6.13. The number of phenols is 1. The van der Waals surface area contributed by atoms with E-state index in [1.165, 1.54) is 43.7 Å². The van der Waals surface area contributed by atoms with Gasteiger partial charge < -0.3 is 10.4 Å². The Bertz CT molecular complexity index is 621. The summed E-state index contributed by atoms with van der Waals surface area (Å²) in [4.78, 5) is 10.1. The molecule has 0 aliphatic heterocycles. The van der Waals surface area contributed by atoms with E-state index in [0.29, 0.717) is 22.6 Å². The molecule has 7 nitrogen and oxygen atoms in total. The second-order valence-electron chi connectivity index (χ2n) is 5.72. The van der Waals surface area contributed by atoms with Crippen LogP contribution in [0.25, 0.3) is 0 Å².